The summed E-state index contributed by atoms with van der Waals surface area (Å²) in [4.78, 5) is 0. The number of rotatable bonds is 8. The maximum Gasteiger partial charge on any atom is 0.313 e. The predicted octanol–water partition coefficient (Wildman–Crippen LogP) is 7.79. The Morgan fingerprint density at radius 1 is 0.462 bits per heavy atom. The highest BCUT2D eigenvalue weighted by Gasteiger charge is 2.40. The first-order chi connectivity index (χ1) is 8.52. The van der Waals surface area contributed by atoms with Crippen LogP contribution in [0.15, 0.2) is 0 Å². The Morgan fingerprint density at radius 3 is 1.08 bits per heavy atom. The van der Waals surface area contributed by atoms with E-state index in [4.69, 9.17) is 16.5 Å². The molecule has 9 heteroatoms. The molecule has 1 unspecified atom stereocenters. The zero-order valence-corrected chi connectivity index (χ0v) is 20.4. The van der Waals surface area contributed by atoms with Crippen LogP contribution < -0.4 is 0 Å². The molecule has 0 N–H and O–H groups in total. The van der Waals surface area contributed by atoms with Gasteiger partial charge in [-0.25, -0.2) is 0 Å². The van der Waals surface area contributed by atoms with E-state index in [9.17, 15) is 0 Å². The quantitative estimate of drug-likeness (QED) is 0.342. The van der Waals surface area contributed by atoms with Crippen molar-refractivity contribution in [3.05, 3.63) is 0 Å². The van der Waals surface area contributed by atoms with E-state index in [0.29, 0.717) is 0 Å². The molecular weight excluding hydrogens is 409 g/mol. The molecule has 0 aromatic rings. The minimum Gasteiger partial charge on any atom is -0.439 e. The van der Waals surface area contributed by atoms with Crippen molar-refractivity contribution >= 4 is 43.0 Å². The first kappa shape index (κ1) is 45.6. The van der Waals surface area contributed by atoms with Crippen molar-refractivity contribution in [1.82, 2.24) is 0 Å². The van der Waals surface area contributed by atoms with Gasteiger partial charge >= 0.3 is 17.1 Å². The van der Waals surface area contributed by atoms with Crippen molar-refractivity contribution in [2.24, 2.45) is 0 Å². The zero-order valence-electron chi connectivity index (χ0n) is 15.2. The molecule has 0 saturated heterocycles. The highest BCUT2D eigenvalue weighted by molar-refractivity contribution is 6.87. The van der Waals surface area contributed by atoms with E-state index >= 15 is 0 Å². The standard InChI is InChI=1S/C11H34O4Si5.6CH4/c1-16(12-17(2,3)4)13-19(8,9)15-20(10,11)14-18(5,6)7;;;;;;/h16H,1-11H3;6*1H4. The maximum atomic E-state index is 6.32. The molecule has 0 aromatic heterocycles. The summed E-state index contributed by atoms with van der Waals surface area (Å²) in [6.07, 6.45) is 0. The summed E-state index contributed by atoms with van der Waals surface area (Å²) in [6.45, 7) is 23.7. The number of hydrogen-bond donors (Lipinski definition) is 0. The van der Waals surface area contributed by atoms with E-state index in [1.54, 1.807) is 0 Å². The van der Waals surface area contributed by atoms with Gasteiger partial charge in [0.1, 0.15) is 0 Å². The topological polar surface area (TPSA) is 36.9 Å². The summed E-state index contributed by atoms with van der Waals surface area (Å²) >= 11 is 0. The Kier molecular flexibility index (Phi) is 27.7. The highest BCUT2D eigenvalue weighted by atomic mass is 28.5. The van der Waals surface area contributed by atoms with Gasteiger partial charge in [0.15, 0.2) is 16.6 Å². The maximum absolute atomic E-state index is 6.32. The lowest BCUT2D eigenvalue weighted by atomic mass is 11.8. The minimum absolute atomic E-state index is 0. The summed E-state index contributed by atoms with van der Waals surface area (Å²) in [7, 11) is -9.03. The van der Waals surface area contributed by atoms with Crippen LogP contribution in [0.5, 0.6) is 0 Å². The zero-order chi connectivity index (χ0) is 16.4. The van der Waals surface area contributed by atoms with E-state index < -0.39 is 43.0 Å². The summed E-state index contributed by atoms with van der Waals surface area (Å²) in [5, 5.41) is 0. The van der Waals surface area contributed by atoms with Crippen molar-refractivity contribution in [1.29, 1.82) is 0 Å². The second-order valence-corrected chi connectivity index (χ2v) is 26.7. The van der Waals surface area contributed by atoms with Crippen LogP contribution in [0.25, 0.3) is 0 Å². The third kappa shape index (κ3) is 27.1. The van der Waals surface area contributed by atoms with Crippen molar-refractivity contribution in [2.75, 3.05) is 0 Å². The van der Waals surface area contributed by atoms with Crippen LogP contribution >= 0.6 is 0 Å². The summed E-state index contributed by atoms with van der Waals surface area (Å²) in [5.41, 5.74) is 0. The van der Waals surface area contributed by atoms with Gasteiger partial charge in [-0.2, -0.15) is 0 Å². The summed E-state index contributed by atoms with van der Waals surface area (Å²) in [5.74, 6) is 0. The molecule has 4 nitrogen and oxygen atoms in total. The van der Waals surface area contributed by atoms with Crippen molar-refractivity contribution in [3.63, 3.8) is 0 Å². The fourth-order valence-corrected chi connectivity index (χ4v) is 21.9. The molecule has 0 aromatic carbocycles. The lowest BCUT2D eigenvalue weighted by molar-refractivity contribution is 0.312. The van der Waals surface area contributed by atoms with Gasteiger partial charge in [-0.1, -0.05) is 44.6 Å². The molecule has 0 aliphatic carbocycles. The molecule has 0 fully saturated rings. The van der Waals surface area contributed by atoms with Crippen molar-refractivity contribution in [2.45, 2.75) is 117 Å². The molecule has 0 aliphatic heterocycles. The predicted molar refractivity (Wildman–Crippen MR) is 139 cm³/mol. The molecular formula is C17H58O4Si5. The largest absolute Gasteiger partial charge is 0.439 e. The molecule has 1 atom stereocenters. The van der Waals surface area contributed by atoms with E-state index in [-0.39, 0.29) is 44.6 Å². The van der Waals surface area contributed by atoms with E-state index in [2.05, 4.69) is 72.0 Å². The molecule has 170 valence electrons. The molecule has 0 bridgehead atoms. The molecule has 0 amide bonds. The Morgan fingerprint density at radius 2 is 0.808 bits per heavy atom. The van der Waals surface area contributed by atoms with Crippen molar-refractivity contribution < 1.29 is 16.5 Å². The Hall–Kier alpha value is 0.924. The van der Waals surface area contributed by atoms with Gasteiger partial charge in [-0.05, 0) is 72.0 Å². The fraction of sp³-hybridized carbons (Fsp3) is 1.00. The van der Waals surface area contributed by atoms with Crippen LogP contribution in [0.4, 0.5) is 0 Å². The summed E-state index contributed by atoms with van der Waals surface area (Å²) < 4.78 is 24.8. The Balaban J connectivity index is -0.000000120. The molecule has 0 rings (SSSR count). The fourth-order valence-electron chi connectivity index (χ4n) is 2.30. The average molecular weight is 467 g/mol. The van der Waals surface area contributed by atoms with E-state index in [0.717, 1.165) is 0 Å². The molecule has 0 aliphatic rings. The molecule has 26 heavy (non-hydrogen) atoms. The molecule has 0 heterocycles. The normalized spacial score (nSPS) is 12.6. The van der Waals surface area contributed by atoms with Gasteiger partial charge in [0.05, 0.1) is 0 Å². The van der Waals surface area contributed by atoms with Gasteiger partial charge in [0.2, 0.25) is 0 Å². The van der Waals surface area contributed by atoms with Crippen LogP contribution in [0.3, 0.4) is 0 Å². The van der Waals surface area contributed by atoms with Crippen LogP contribution in [0, 0.1) is 0 Å². The van der Waals surface area contributed by atoms with E-state index in [1.165, 1.54) is 0 Å². The third-order valence-corrected chi connectivity index (χ3v) is 18.1. The molecule has 0 saturated carbocycles. The Labute approximate surface area is 176 Å². The average Bonchev–Trinajstić information content (AvgIpc) is 1.86. The van der Waals surface area contributed by atoms with E-state index in [1.807, 2.05) is 0 Å². The Bertz CT molecular complexity index is 313. The van der Waals surface area contributed by atoms with Gasteiger partial charge in [-0.15, -0.1) is 0 Å². The third-order valence-electron chi connectivity index (χ3n) is 2.01. The van der Waals surface area contributed by atoms with Crippen LogP contribution in [-0.4, -0.2) is 43.0 Å². The smallest absolute Gasteiger partial charge is 0.313 e. The first-order valence-corrected chi connectivity index (χ1v) is 21.8. The van der Waals surface area contributed by atoms with Gasteiger partial charge in [-0.3, -0.25) is 0 Å². The highest BCUT2D eigenvalue weighted by Crippen LogP contribution is 2.22. The lowest BCUT2D eigenvalue weighted by Gasteiger charge is -2.38. The van der Waals surface area contributed by atoms with Gasteiger partial charge in [0, 0.05) is 0 Å². The van der Waals surface area contributed by atoms with Crippen LogP contribution in [0.1, 0.15) is 44.6 Å². The monoisotopic (exact) mass is 466 g/mol. The number of hydrogen-bond acceptors (Lipinski definition) is 4. The van der Waals surface area contributed by atoms with Crippen LogP contribution in [-0.2, 0) is 16.5 Å². The first-order valence-electron chi connectivity index (χ1n) is 7.27. The second-order valence-electron chi connectivity index (χ2n) is 8.03. The SMILES string of the molecule is C.C.C.C.C.C.C[SiH](O[Si](C)(C)C)O[Si](C)(C)O[Si](C)(C)O[Si](C)(C)C. The molecule has 0 spiro atoms. The lowest BCUT2D eigenvalue weighted by Crippen LogP contribution is -2.54. The second kappa shape index (κ2) is 15.8. The molecule has 0 radical (unpaired) electrons. The van der Waals surface area contributed by atoms with Crippen LogP contribution in [0.2, 0.25) is 72.0 Å². The van der Waals surface area contributed by atoms with Gasteiger partial charge < -0.3 is 16.5 Å². The summed E-state index contributed by atoms with van der Waals surface area (Å²) in [6, 6.07) is 0. The van der Waals surface area contributed by atoms with Crippen molar-refractivity contribution in [3.8, 4) is 0 Å². The minimum atomic E-state index is -2.18. The van der Waals surface area contributed by atoms with Gasteiger partial charge in [0.25, 0.3) is 9.28 Å².